The van der Waals surface area contributed by atoms with E-state index in [1.807, 2.05) is 49.4 Å². The van der Waals surface area contributed by atoms with Crippen LogP contribution in [0, 0.1) is 6.92 Å². The second-order valence-corrected chi connectivity index (χ2v) is 8.00. The highest BCUT2D eigenvalue weighted by Crippen LogP contribution is 2.22. The van der Waals surface area contributed by atoms with Crippen LogP contribution in [-0.4, -0.2) is 47.5 Å². The number of nitrogens with zero attached hydrogens (tertiary/aromatic N) is 3. The van der Waals surface area contributed by atoms with Crippen LogP contribution in [0.15, 0.2) is 59.7 Å². The van der Waals surface area contributed by atoms with E-state index in [1.54, 1.807) is 17.0 Å². The standard InChI is InChI=1S/C24H26N4O3/c1-17-6-5-9-20(16-17)28-22(29)11-10-21(26-28)24(31)27-14-12-19(13-15-27)25-23(30)18-7-3-2-4-8-18/h2-9,16,19H,10-15H2,1H3,(H,25,30). The molecule has 0 aromatic heterocycles. The van der Waals surface area contributed by atoms with Gasteiger partial charge in [-0.1, -0.05) is 30.3 Å². The minimum Gasteiger partial charge on any atom is -0.349 e. The maximum atomic E-state index is 13.0. The van der Waals surface area contributed by atoms with Crippen molar-refractivity contribution >= 4 is 29.1 Å². The predicted molar refractivity (Wildman–Crippen MR) is 119 cm³/mol. The molecular weight excluding hydrogens is 392 g/mol. The zero-order chi connectivity index (χ0) is 21.8. The Morgan fingerprint density at radius 1 is 1.00 bits per heavy atom. The summed E-state index contributed by atoms with van der Waals surface area (Å²) in [5, 5.41) is 8.79. The average Bonchev–Trinajstić information content (AvgIpc) is 2.80. The minimum absolute atomic E-state index is 0.0374. The normalized spacial score (nSPS) is 17.3. The Bertz CT molecular complexity index is 1010. The number of benzene rings is 2. The molecule has 160 valence electrons. The number of nitrogens with one attached hydrogen (secondary N) is 1. The SMILES string of the molecule is Cc1cccc(N2N=C(C(=O)N3CCC(NC(=O)c4ccccc4)CC3)CCC2=O)c1. The first-order valence-corrected chi connectivity index (χ1v) is 10.6. The molecule has 0 saturated carbocycles. The van der Waals surface area contributed by atoms with Crippen molar-refractivity contribution in [3.63, 3.8) is 0 Å². The second kappa shape index (κ2) is 9.12. The fraction of sp³-hybridized carbons (Fsp3) is 0.333. The smallest absolute Gasteiger partial charge is 0.270 e. The molecule has 7 nitrogen and oxygen atoms in total. The van der Waals surface area contributed by atoms with E-state index in [0.29, 0.717) is 49.3 Å². The Morgan fingerprint density at radius 3 is 2.45 bits per heavy atom. The van der Waals surface area contributed by atoms with Crippen LogP contribution in [0.4, 0.5) is 5.69 Å². The first-order chi connectivity index (χ1) is 15.0. The van der Waals surface area contributed by atoms with Crippen molar-refractivity contribution in [2.24, 2.45) is 5.10 Å². The number of hydrogen-bond donors (Lipinski definition) is 1. The third-order valence-corrected chi connectivity index (χ3v) is 5.68. The lowest BCUT2D eigenvalue weighted by Crippen LogP contribution is -2.49. The highest BCUT2D eigenvalue weighted by Gasteiger charge is 2.31. The number of piperidine rings is 1. The van der Waals surface area contributed by atoms with E-state index in [0.717, 1.165) is 5.56 Å². The monoisotopic (exact) mass is 418 g/mol. The number of likely N-dealkylation sites (tertiary alicyclic amines) is 1. The summed E-state index contributed by atoms with van der Waals surface area (Å²) in [7, 11) is 0. The van der Waals surface area contributed by atoms with Gasteiger partial charge in [0.2, 0.25) is 5.91 Å². The number of hydrogen-bond acceptors (Lipinski definition) is 4. The molecule has 7 heteroatoms. The van der Waals surface area contributed by atoms with Crippen molar-refractivity contribution in [2.75, 3.05) is 18.1 Å². The zero-order valence-electron chi connectivity index (χ0n) is 17.6. The van der Waals surface area contributed by atoms with E-state index >= 15 is 0 Å². The Morgan fingerprint density at radius 2 is 1.74 bits per heavy atom. The molecule has 0 radical (unpaired) electrons. The average molecular weight is 418 g/mol. The van der Waals surface area contributed by atoms with Crippen LogP contribution in [-0.2, 0) is 9.59 Å². The Kier molecular flexibility index (Phi) is 6.11. The molecule has 4 rings (SSSR count). The van der Waals surface area contributed by atoms with Crippen LogP contribution in [0.5, 0.6) is 0 Å². The molecule has 0 bridgehead atoms. The minimum atomic E-state index is -0.127. The van der Waals surface area contributed by atoms with Crippen molar-refractivity contribution in [3.05, 3.63) is 65.7 Å². The van der Waals surface area contributed by atoms with Gasteiger partial charge < -0.3 is 10.2 Å². The molecule has 2 aliphatic heterocycles. The molecule has 2 aromatic carbocycles. The number of anilines is 1. The largest absolute Gasteiger partial charge is 0.349 e. The summed E-state index contributed by atoms with van der Waals surface area (Å²) in [4.78, 5) is 39.5. The topological polar surface area (TPSA) is 82.1 Å². The quantitative estimate of drug-likeness (QED) is 0.829. The molecule has 0 spiro atoms. The van der Waals surface area contributed by atoms with Gasteiger partial charge in [0.1, 0.15) is 5.71 Å². The Labute approximate surface area is 181 Å². The van der Waals surface area contributed by atoms with Crippen LogP contribution in [0.3, 0.4) is 0 Å². The van der Waals surface area contributed by atoms with E-state index in [2.05, 4.69) is 10.4 Å². The highest BCUT2D eigenvalue weighted by atomic mass is 16.2. The third kappa shape index (κ3) is 4.82. The first kappa shape index (κ1) is 20.8. The summed E-state index contributed by atoms with van der Waals surface area (Å²) in [5.41, 5.74) is 2.75. The van der Waals surface area contributed by atoms with Crippen LogP contribution < -0.4 is 10.3 Å². The summed E-state index contributed by atoms with van der Waals surface area (Å²) >= 11 is 0. The van der Waals surface area contributed by atoms with E-state index in [1.165, 1.54) is 5.01 Å². The molecule has 2 aliphatic rings. The van der Waals surface area contributed by atoms with Gasteiger partial charge in [0.25, 0.3) is 11.8 Å². The third-order valence-electron chi connectivity index (χ3n) is 5.68. The lowest BCUT2D eigenvalue weighted by atomic mass is 10.0. The van der Waals surface area contributed by atoms with Crippen molar-refractivity contribution in [2.45, 2.75) is 38.6 Å². The summed E-state index contributed by atoms with van der Waals surface area (Å²) in [5.74, 6) is -0.322. The van der Waals surface area contributed by atoms with E-state index < -0.39 is 0 Å². The molecule has 0 unspecified atom stereocenters. The van der Waals surface area contributed by atoms with E-state index in [-0.39, 0.29) is 30.2 Å². The van der Waals surface area contributed by atoms with Gasteiger partial charge in [-0.15, -0.1) is 0 Å². The van der Waals surface area contributed by atoms with Gasteiger partial charge in [0, 0.05) is 37.5 Å². The maximum absolute atomic E-state index is 13.0. The van der Waals surface area contributed by atoms with Crippen molar-refractivity contribution in [3.8, 4) is 0 Å². The zero-order valence-corrected chi connectivity index (χ0v) is 17.6. The molecule has 31 heavy (non-hydrogen) atoms. The molecule has 1 saturated heterocycles. The molecule has 2 heterocycles. The van der Waals surface area contributed by atoms with Gasteiger partial charge in [-0.3, -0.25) is 14.4 Å². The van der Waals surface area contributed by atoms with Gasteiger partial charge in [0.15, 0.2) is 0 Å². The molecule has 0 aliphatic carbocycles. The summed E-state index contributed by atoms with van der Waals surface area (Å²) in [6, 6.07) is 16.7. The van der Waals surface area contributed by atoms with Gasteiger partial charge in [0.05, 0.1) is 5.69 Å². The van der Waals surface area contributed by atoms with Crippen molar-refractivity contribution < 1.29 is 14.4 Å². The number of carbonyl (C=O) groups excluding carboxylic acids is 3. The molecule has 3 amide bonds. The van der Waals surface area contributed by atoms with E-state index in [4.69, 9.17) is 0 Å². The fourth-order valence-corrected chi connectivity index (χ4v) is 3.94. The maximum Gasteiger partial charge on any atom is 0.270 e. The molecular formula is C24H26N4O3. The first-order valence-electron chi connectivity index (χ1n) is 10.6. The summed E-state index contributed by atoms with van der Waals surface area (Å²) in [6.45, 7) is 3.06. The highest BCUT2D eigenvalue weighted by molar-refractivity contribution is 6.40. The Hall–Kier alpha value is -3.48. The number of hydrazone groups is 1. The summed E-state index contributed by atoms with van der Waals surface area (Å²) < 4.78 is 0. The van der Waals surface area contributed by atoms with Gasteiger partial charge in [-0.25, -0.2) is 5.01 Å². The number of carbonyl (C=O) groups is 3. The lowest BCUT2D eigenvalue weighted by molar-refractivity contribution is -0.125. The Balaban J connectivity index is 1.37. The van der Waals surface area contributed by atoms with Crippen molar-refractivity contribution in [1.82, 2.24) is 10.2 Å². The van der Waals surface area contributed by atoms with Crippen LogP contribution >= 0.6 is 0 Å². The summed E-state index contributed by atoms with van der Waals surface area (Å²) in [6.07, 6.45) is 2.00. The molecule has 2 aromatic rings. The fourth-order valence-electron chi connectivity index (χ4n) is 3.94. The van der Waals surface area contributed by atoms with Gasteiger partial charge in [-0.05, 0) is 49.6 Å². The molecule has 0 atom stereocenters. The molecule has 1 fully saturated rings. The predicted octanol–water partition coefficient (Wildman–Crippen LogP) is 2.90. The van der Waals surface area contributed by atoms with Crippen LogP contribution in [0.25, 0.3) is 0 Å². The van der Waals surface area contributed by atoms with Crippen molar-refractivity contribution in [1.29, 1.82) is 0 Å². The van der Waals surface area contributed by atoms with Gasteiger partial charge in [-0.2, -0.15) is 5.10 Å². The number of aryl methyl sites for hydroxylation is 1. The molecule has 1 N–H and O–H groups in total. The van der Waals surface area contributed by atoms with Crippen LogP contribution in [0.1, 0.15) is 41.6 Å². The second-order valence-electron chi connectivity index (χ2n) is 8.00. The van der Waals surface area contributed by atoms with Gasteiger partial charge >= 0.3 is 0 Å². The van der Waals surface area contributed by atoms with Crippen LogP contribution in [0.2, 0.25) is 0 Å². The number of amides is 3. The lowest BCUT2D eigenvalue weighted by Gasteiger charge is -2.33. The van der Waals surface area contributed by atoms with E-state index in [9.17, 15) is 14.4 Å². The number of rotatable bonds is 4.